The number of fused-ring (bicyclic) bond motifs is 1. The van der Waals surface area contributed by atoms with Crippen molar-refractivity contribution in [3.05, 3.63) is 90.8 Å². The highest BCUT2D eigenvalue weighted by Gasteiger charge is 2.29. The molecule has 9 nitrogen and oxygen atoms in total. The zero-order chi connectivity index (χ0) is 25.0. The van der Waals surface area contributed by atoms with E-state index in [-0.39, 0.29) is 16.1 Å². The number of nitrogens with zero attached hydrogens (tertiary/aromatic N) is 2. The molecule has 0 aliphatic carbocycles. The molecule has 0 atom stereocenters. The topological polar surface area (TPSA) is 132 Å². The molecule has 3 N–H and O–H groups in total. The third-order valence-electron chi connectivity index (χ3n) is 5.31. The van der Waals surface area contributed by atoms with Crippen molar-refractivity contribution in [3.8, 4) is 5.75 Å². The minimum atomic E-state index is -4.16. The molecule has 0 spiro atoms. The summed E-state index contributed by atoms with van der Waals surface area (Å²) in [5, 5.41) is 3.80. The van der Waals surface area contributed by atoms with Gasteiger partial charge in [0.2, 0.25) is 11.8 Å². The molecule has 4 rings (SSSR count). The molecule has 0 aliphatic heterocycles. The number of aromatic nitrogens is 1. The molecule has 10 heteroatoms. The van der Waals surface area contributed by atoms with E-state index in [2.05, 4.69) is 10.3 Å². The second kappa shape index (κ2) is 9.82. The first-order valence-corrected chi connectivity index (χ1v) is 11.9. The summed E-state index contributed by atoms with van der Waals surface area (Å²) in [5.74, 6) is -0.621. The molecular formula is C25H22N4O5S. The Labute approximate surface area is 202 Å². The highest BCUT2D eigenvalue weighted by atomic mass is 32.2. The molecule has 1 aromatic heterocycles. The van der Waals surface area contributed by atoms with Gasteiger partial charge in [-0.05, 0) is 60.7 Å². The maximum Gasteiger partial charge on any atom is 0.265 e. The summed E-state index contributed by atoms with van der Waals surface area (Å²) in [4.78, 5) is 28.3. The number of pyridine rings is 1. The number of primary amides is 1. The smallest absolute Gasteiger partial charge is 0.265 e. The van der Waals surface area contributed by atoms with Crippen molar-refractivity contribution in [3.63, 3.8) is 0 Å². The number of amides is 2. The van der Waals surface area contributed by atoms with E-state index < -0.39 is 28.4 Å². The van der Waals surface area contributed by atoms with Crippen molar-refractivity contribution < 1.29 is 22.7 Å². The second-order valence-electron chi connectivity index (χ2n) is 7.55. The molecule has 4 aromatic rings. The molecule has 0 saturated heterocycles. The van der Waals surface area contributed by atoms with Crippen molar-refractivity contribution in [2.24, 2.45) is 5.73 Å². The van der Waals surface area contributed by atoms with Crippen LogP contribution in [0, 0.1) is 0 Å². The Balaban J connectivity index is 1.70. The van der Waals surface area contributed by atoms with Gasteiger partial charge in [0.05, 0.1) is 17.7 Å². The van der Waals surface area contributed by atoms with Gasteiger partial charge in [0.1, 0.15) is 12.3 Å². The van der Waals surface area contributed by atoms with Crippen LogP contribution in [0.4, 0.5) is 11.4 Å². The largest absolute Gasteiger partial charge is 0.497 e. The predicted octanol–water partition coefficient (Wildman–Crippen LogP) is 3.18. The monoisotopic (exact) mass is 490 g/mol. The summed E-state index contributed by atoms with van der Waals surface area (Å²) in [5.41, 5.74) is 6.21. The number of ether oxygens (including phenoxy) is 1. The first kappa shape index (κ1) is 23.7. The van der Waals surface area contributed by atoms with Gasteiger partial charge < -0.3 is 15.8 Å². The summed E-state index contributed by atoms with van der Waals surface area (Å²) in [6.07, 6.45) is 3.09. The van der Waals surface area contributed by atoms with Gasteiger partial charge in [-0.1, -0.05) is 12.1 Å². The lowest BCUT2D eigenvalue weighted by atomic mass is 10.2. The zero-order valence-corrected chi connectivity index (χ0v) is 19.5. The molecule has 0 aliphatic rings. The minimum Gasteiger partial charge on any atom is -0.497 e. The van der Waals surface area contributed by atoms with E-state index in [1.165, 1.54) is 43.6 Å². The van der Waals surface area contributed by atoms with Gasteiger partial charge in [-0.3, -0.25) is 18.9 Å². The molecule has 0 fully saturated rings. The number of benzene rings is 3. The number of nitrogens with one attached hydrogen (secondary N) is 1. The maximum absolute atomic E-state index is 13.9. The molecule has 2 amide bonds. The number of sulfonamides is 1. The Morgan fingerprint density at radius 3 is 2.37 bits per heavy atom. The van der Waals surface area contributed by atoms with E-state index in [0.29, 0.717) is 22.2 Å². The van der Waals surface area contributed by atoms with Crippen LogP contribution in [0.1, 0.15) is 10.4 Å². The fraction of sp³-hybridized carbons (Fsp3) is 0.0800. The van der Waals surface area contributed by atoms with Crippen molar-refractivity contribution in [2.45, 2.75) is 4.90 Å². The Morgan fingerprint density at radius 1 is 1.00 bits per heavy atom. The highest BCUT2D eigenvalue weighted by molar-refractivity contribution is 7.93. The van der Waals surface area contributed by atoms with Crippen LogP contribution in [0.15, 0.2) is 90.1 Å². The number of rotatable bonds is 8. The van der Waals surface area contributed by atoms with Crippen LogP contribution in [-0.4, -0.2) is 38.9 Å². The quantitative estimate of drug-likeness (QED) is 0.390. The summed E-state index contributed by atoms with van der Waals surface area (Å²) < 4.78 is 33.9. The number of carbonyl (C=O) groups excluding carboxylic acids is 2. The number of carbonyl (C=O) groups is 2. The van der Waals surface area contributed by atoms with Gasteiger partial charge in [0.15, 0.2) is 0 Å². The highest BCUT2D eigenvalue weighted by Crippen LogP contribution is 2.30. The van der Waals surface area contributed by atoms with E-state index in [9.17, 15) is 18.0 Å². The van der Waals surface area contributed by atoms with Crippen molar-refractivity contribution in [2.75, 3.05) is 23.3 Å². The standard InChI is InChI=1S/C25H22N4O5S/c1-34-21-11-9-20(10-12-21)29(16-24(30)28-19-7-5-17(6-8-19)25(26)31)35(32,33)23-4-2-3-18-15-27-14-13-22(18)23/h2-15H,16H2,1H3,(H2,26,31)(H,28,30). The zero-order valence-electron chi connectivity index (χ0n) is 18.7. The van der Waals surface area contributed by atoms with Crippen LogP contribution < -0.4 is 20.1 Å². The van der Waals surface area contributed by atoms with Crippen LogP contribution in [-0.2, 0) is 14.8 Å². The van der Waals surface area contributed by atoms with E-state index in [1.807, 2.05) is 0 Å². The van der Waals surface area contributed by atoms with Gasteiger partial charge in [0.25, 0.3) is 10.0 Å². The number of hydrogen-bond donors (Lipinski definition) is 2. The molecule has 0 radical (unpaired) electrons. The van der Waals surface area contributed by atoms with Crippen LogP contribution in [0.5, 0.6) is 5.75 Å². The van der Waals surface area contributed by atoms with Gasteiger partial charge in [-0.2, -0.15) is 0 Å². The molecule has 3 aromatic carbocycles. The first-order chi connectivity index (χ1) is 16.8. The third kappa shape index (κ3) is 5.07. The molecule has 178 valence electrons. The van der Waals surface area contributed by atoms with Gasteiger partial charge in [0, 0.05) is 34.4 Å². The van der Waals surface area contributed by atoms with Crippen LogP contribution in [0.2, 0.25) is 0 Å². The minimum absolute atomic E-state index is 0.0480. The molecular weight excluding hydrogens is 468 g/mol. The van der Waals surface area contributed by atoms with Crippen molar-refractivity contribution in [1.82, 2.24) is 4.98 Å². The van der Waals surface area contributed by atoms with E-state index in [4.69, 9.17) is 10.5 Å². The number of anilines is 2. The van der Waals surface area contributed by atoms with E-state index in [0.717, 1.165) is 4.31 Å². The normalized spacial score (nSPS) is 11.1. The Morgan fingerprint density at radius 2 is 1.71 bits per heavy atom. The average molecular weight is 491 g/mol. The van der Waals surface area contributed by atoms with Gasteiger partial charge in [-0.25, -0.2) is 8.42 Å². The fourth-order valence-corrected chi connectivity index (χ4v) is 5.19. The number of methoxy groups -OCH3 is 1. The Hall–Kier alpha value is -4.44. The molecule has 35 heavy (non-hydrogen) atoms. The summed E-state index contributed by atoms with van der Waals surface area (Å²) in [7, 11) is -2.66. The second-order valence-corrected chi connectivity index (χ2v) is 9.38. The first-order valence-electron chi connectivity index (χ1n) is 10.5. The van der Waals surface area contributed by atoms with Crippen LogP contribution in [0.25, 0.3) is 10.8 Å². The lowest BCUT2D eigenvalue weighted by Crippen LogP contribution is -2.38. The van der Waals surface area contributed by atoms with E-state index >= 15 is 0 Å². The SMILES string of the molecule is COc1ccc(N(CC(=O)Nc2ccc(C(N)=O)cc2)S(=O)(=O)c2cccc3cnccc23)cc1. The van der Waals surface area contributed by atoms with Crippen molar-refractivity contribution >= 4 is 44.0 Å². The average Bonchev–Trinajstić information content (AvgIpc) is 2.87. The van der Waals surface area contributed by atoms with Crippen molar-refractivity contribution in [1.29, 1.82) is 0 Å². The Kier molecular flexibility index (Phi) is 6.65. The number of nitrogens with two attached hydrogens (primary N) is 1. The van der Waals surface area contributed by atoms with Crippen LogP contribution in [0.3, 0.4) is 0 Å². The predicted molar refractivity (Wildman–Crippen MR) is 133 cm³/mol. The molecule has 1 heterocycles. The molecule has 0 bridgehead atoms. The lowest BCUT2D eigenvalue weighted by molar-refractivity contribution is -0.114. The molecule has 0 saturated carbocycles. The van der Waals surface area contributed by atoms with Gasteiger partial charge >= 0.3 is 0 Å². The summed E-state index contributed by atoms with van der Waals surface area (Å²) >= 11 is 0. The van der Waals surface area contributed by atoms with Crippen LogP contribution >= 0.6 is 0 Å². The number of hydrogen-bond acceptors (Lipinski definition) is 6. The maximum atomic E-state index is 13.9. The van der Waals surface area contributed by atoms with Gasteiger partial charge in [-0.15, -0.1) is 0 Å². The summed E-state index contributed by atoms with van der Waals surface area (Å²) in [6, 6.07) is 18.9. The molecule has 0 unspecified atom stereocenters. The third-order valence-corrected chi connectivity index (χ3v) is 7.14. The lowest BCUT2D eigenvalue weighted by Gasteiger charge is -2.25. The Bertz CT molecular complexity index is 1480. The van der Waals surface area contributed by atoms with E-state index in [1.54, 1.807) is 48.7 Å². The fourth-order valence-electron chi connectivity index (χ4n) is 3.55. The summed E-state index contributed by atoms with van der Waals surface area (Å²) in [6.45, 7) is -0.492.